The summed E-state index contributed by atoms with van der Waals surface area (Å²) >= 11 is 0. The van der Waals surface area contributed by atoms with Crippen LogP contribution in [0.1, 0.15) is 53.4 Å². The molecule has 5 nitrogen and oxygen atoms in total. The number of amides is 2. The molecule has 1 rings (SSSR count). The van der Waals surface area contributed by atoms with Crippen LogP contribution in [0.25, 0.3) is 0 Å². The van der Waals surface area contributed by atoms with Crippen LogP contribution >= 0.6 is 0 Å². The maximum Gasteiger partial charge on any atom is 0.227 e. The molecule has 2 amide bonds. The van der Waals surface area contributed by atoms with Crippen molar-refractivity contribution < 1.29 is 9.59 Å². The summed E-state index contributed by atoms with van der Waals surface area (Å²) in [7, 11) is 0. The summed E-state index contributed by atoms with van der Waals surface area (Å²) in [4.78, 5) is 25.8. The Morgan fingerprint density at radius 2 is 1.85 bits per heavy atom. The first-order valence-electron chi connectivity index (χ1n) is 7.54. The Bertz CT molecular complexity index is 340. The highest BCUT2D eigenvalue weighted by Crippen LogP contribution is 2.21. The van der Waals surface area contributed by atoms with Crippen molar-refractivity contribution in [3.63, 3.8) is 0 Å². The third-order valence-corrected chi connectivity index (χ3v) is 3.62. The van der Waals surface area contributed by atoms with Gasteiger partial charge < -0.3 is 16.0 Å². The quantitative estimate of drug-likeness (QED) is 0.816. The first-order valence-corrected chi connectivity index (χ1v) is 7.54. The molecule has 1 heterocycles. The Morgan fingerprint density at radius 1 is 1.30 bits per heavy atom. The van der Waals surface area contributed by atoms with Gasteiger partial charge >= 0.3 is 0 Å². The molecule has 0 saturated carbocycles. The smallest absolute Gasteiger partial charge is 0.227 e. The largest absolute Gasteiger partial charge is 0.353 e. The molecule has 1 saturated heterocycles. The summed E-state index contributed by atoms with van der Waals surface area (Å²) in [6, 6.07) is 0.256. The fraction of sp³-hybridized carbons (Fsp3) is 0.867. The fourth-order valence-electron chi connectivity index (χ4n) is 2.36. The van der Waals surface area contributed by atoms with Gasteiger partial charge in [-0.25, -0.2) is 0 Å². The van der Waals surface area contributed by atoms with Crippen LogP contribution in [-0.2, 0) is 9.59 Å². The van der Waals surface area contributed by atoms with Crippen molar-refractivity contribution in [3.05, 3.63) is 0 Å². The maximum absolute atomic E-state index is 12.2. The minimum Gasteiger partial charge on any atom is -0.353 e. The lowest BCUT2D eigenvalue weighted by molar-refractivity contribution is -0.140. The van der Waals surface area contributed by atoms with Crippen LogP contribution in [0.3, 0.4) is 0 Å². The van der Waals surface area contributed by atoms with Gasteiger partial charge in [0.15, 0.2) is 0 Å². The number of piperidine rings is 1. The third-order valence-electron chi connectivity index (χ3n) is 3.62. The molecular formula is C15H29N3O2. The van der Waals surface area contributed by atoms with E-state index in [-0.39, 0.29) is 29.3 Å². The highest BCUT2D eigenvalue weighted by atomic mass is 16.2. The zero-order valence-corrected chi connectivity index (χ0v) is 13.2. The van der Waals surface area contributed by atoms with Gasteiger partial charge in [0, 0.05) is 37.0 Å². The lowest BCUT2D eigenvalue weighted by Crippen LogP contribution is -2.49. The lowest BCUT2D eigenvalue weighted by atomic mass is 9.93. The lowest BCUT2D eigenvalue weighted by Gasteiger charge is -2.36. The molecular weight excluding hydrogens is 254 g/mol. The third kappa shape index (κ3) is 5.49. The van der Waals surface area contributed by atoms with E-state index < -0.39 is 0 Å². The van der Waals surface area contributed by atoms with Crippen LogP contribution in [-0.4, -0.2) is 41.9 Å². The zero-order chi connectivity index (χ0) is 15.3. The van der Waals surface area contributed by atoms with E-state index in [2.05, 4.69) is 5.32 Å². The molecule has 0 spiro atoms. The molecule has 0 aromatic rings. The molecule has 1 atom stereocenters. The van der Waals surface area contributed by atoms with Gasteiger partial charge in [-0.2, -0.15) is 0 Å². The number of nitrogens with zero attached hydrogens (tertiary/aromatic N) is 1. The number of hydrogen-bond acceptors (Lipinski definition) is 3. The predicted octanol–water partition coefficient (Wildman–Crippen LogP) is 1.27. The van der Waals surface area contributed by atoms with E-state index in [0.29, 0.717) is 12.8 Å². The molecule has 0 aromatic heterocycles. The number of carbonyl (C=O) groups excluding carboxylic acids is 2. The summed E-state index contributed by atoms with van der Waals surface area (Å²) in [6.45, 7) is 9.19. The molecule has 0 aliphatic carbocycles. The summed E-state index contributed by atoms with van der Waals surface area (Å²) in [5.74, 6) is 0.266. The van der Waals surface area contributed by atoms with Gasteiger partial charge in [0.1, 0.15) is 0 Å². The van der Waals surface area contributed by atoms with Gasteiger partial charge in [0.05, 0.1) is 0 Å². The second-order valence-electron chi connectivity index (χ2n) is 6.90. The van der Waals surface area contributed by atoms with Crippen molar-refractivity contribution in [2.24, 2.45) is 11.1 Å². The minimum atomic E-state index is -0.326. The molecule has 0 bridgehead atoms. The molecule has 1 aliphatic rings. The molecule has 20 heavy (non-hydrogen) atoms. The van der Waals surface area contributed by atoms with Gasteiger partial charge in [-0.15, -0.1) is 0 Å². The minimum absolute atomic E-state index is 0.0620. The number of hydrogen-bond donors (Lipinski definition) is 2. The topological polar surface area (TPSA) is 75.4 Å². The van der Waals surface area contributed by atoms with Gasteiger partial charge in [-0.1, -0.05) is 20.8 Å². The zero-order valence-electron chi connectivity index (χ0n) is 13.2. The van der Waals surface area contributed by atoms with Crippen molar-refractivity contribution in [3.8, 4) is 0 Å². The summed E-state index contributed by atoms with van der Waals surface area (Å²) < 4.78 is 0. The van der Waals surface area contributed by atoms with Gasteiger partial charge in [-0.3, -0.25) is 9.59 Å². The van der Waals surface area contributed by atoms with Crippen LogP contribution in [0.5, 0.6) is 0 Å². The van der Waals surface area contributed by atoms with Gasteiger partial charge in [0.2, 0.25) is 11.8 Å². The van der Waals surface area contributed by atoms with Crippen molar-refractivity contribution in [2.75, 3.05) is 13.1 Å². The predicted molar refractivity (Wildman–Crippen MR) is 80.1 cm³/mol. The van der Waals surface area contributed by atoms with E-state index >= 15 is 0 Å². The standard InChI is InChI=1S/C15H29N3O2/c1-11(16)5-6-13(19)17-12-7-9-18(10-8-12)14(20)15(2,3)4/h11-12H,5-10,16H2,1-4H3,(H,17,19). The van der Waals surface area contributed by atoms with E-state index in [1.54, 1.807) is 0 Å². The van der Waals surface area contributed by atoms with Crippen LogP contribution in [0.4, 0.5) is 0 Å². The molecule has 0 radical (unpaired) electrons. The first-order chi connectivity index (χ1) is 9.20. The van der Waals surface area contributed by atoms with Crippen molar-refractivity contribution >= 4 is 11.8 Å². The number of carbonyl (C=O) groups is 2. The van der Waals surface area contributed by atoms with Crippen molar-refractivity contribution in [2.45, 2.75) is 65.5 Å². The number of rotatable bonds is 4. The van der Waals surface area contributed by atoms with E-state index in [4.69, 9.17) is 5.73 Å². The number of nitrogens with one attached hydrogen (secondary N) is 1. The summed E-state index contributed by atoms with van der Waals surface area (Å²) in [5, 5.41) is 3.04. The highest BCUT2D eigenvalue weighted by Gasteiger charge is 2.30. The van der Waals surface area contributed by atoms with E-state index in [9.17, 15) is 9.59 Å². The van der Waals surface area contributed by atoms with Crippen LogP contribution < -0.4 is 11.1 Å². The Hall–Kier alpha value is -1.10. The number of likely N-dealkylation sites (tertiary alicyclic amines) is 1. The Labute approximate surface area is 122 Å². The normalized spacial score (nSPS) is 18.8. The van der Waals surface area contributed by atoms with E-state index in [1.165, 1.54) is 0 Å². The van der Waals surface area contributed by atoms with Gasteiger partial charge in [0.25, 0.3) is 0 Å². The average molecular weight is 283 g/mol. The molecule has 116 valence electrons. The van der Waals surface area contributed by atoms with Crippen molar-refractivity contribution in [1.29, 1.82) is 0 Å². The molecule has 3 N–H and O–H groups in total. The monoisotopic (exact) mass is 283 g/mol. The van der Waals surface area contributed by atoms with E-state index in [1.807, 2.05) is 32.6 Å². The Kier molecular flexibility index (Phi) is 5.99. The highest BCUT2D eigenvalue weighted by molar-refractivity contribution is 5.81. The average Bonchev–Trinajstić information content (AvgIpc) is 2.35. The first kappa shape index (κ1) is 17.0. The second kappa shape index (κ2) is 7.07. The molecule has 5 heteroatoms. The van der Waals surface area contributed by atoms with Crippen LogP contribution in [0.2, 0.25) is 0 Å². The summed E-state index contributed by atoms with van der Waals surface area (Å²) in [5.41, 5.74) is 5.32. The Balaban J connectivity index is 2.32. The molecule has 1 fully saturated rings. The number of nitrogens with two attached hydrogens (primary N) is 1. The second-order valence-corrected chi connectivity index (χ2v) is 6.90. The van der Waals surface area contributed by atoms with Crippen LogP contribution in [0.15, 0.2) is 0 Å². The molecule has 0 aromatic carbocycles. The molecule has 1 unspecified atom stereocenters. The Morgan fingerprint density at radius 3 is 2.30 bits per heavy atom. The SMILES string of the molecule is CC(N)CCC(=O)NC1CCN(C(=O)C(C)(C)C)CC1. The maximum atomic E-state index is 12.2. The van der Waals surface area contributed by atoms with Gasteiger partial charge in [-0.05, 0) is 26.2 Å². The fourth-order valence-corrected chi connectivity index (χ4v) is 2.36. The summed E-state index contributed by atoms with van der Waals surface area (Å²) in [6.07, 6.45) is 2.88. The molecule has 1 aliphatic heterocycles. The van der Waals surface area contributed by atoms with Crippen molar-refractivity contribution in [1.82, 2.24) is 10.2 Å². The van der Waals surface area contributed by atoms with E-state index in [0.717, 1.165) is 25.9 Å². The van der Waals surface area contributed by atoms with Crippen LogP contribution in [0, 0.1) is 5.41 Å².